The van der Waals surface area contributed by atoms with Crippen LogP contribution in [0, 0.1) is 16.0 Å². The van der Waals surface area contributed by atoms with Crippen molar-refractivity contribution in [3.8, 4) is 0 Å². The van der Waals surface area contributed by atoms with E-state index in [1.54, 1.807) is 0 Å². The fraction of sp³-hybridized carbons (Fsp3) is 0.353. The predicted octanol–water partition coefficient (Wildman–Crippen LogP) is 3.88. The molecule has 2 aromatic rings. The molecule has 122 valence electrons. The molecule has 0 aliphatic rings. The van der Waals surface area contributed by atoms with E-state index >= 15 is 0 Å². The van der Waals surface area contributed by atoms with Crippen molar-refractivity contribution in [2.45, 2.75) is 33.2 Å². The van der Waals surface area contributed by atoms with Crippen molar-refractivity contribution in [3.63, 3.8) is 0 Å². The quantitative estimate of drug-likeness (QED) is 0.647. The van der Waals surface area contributed by atoms with E-state index in [1.165, 1.54) is 17.7 Å². The number of benzene rings is 1. The molecule has 1 aromatic heterocycles. The Balaban J connectivity index is 2.01. The zero-order chi connectivity index (χ0) is 17.0. The fourth-order valence-corrected chi connectivity index (χ4v) is 2.31. The van der Waals surface area contributed by atoms with Gasteiger partial charge in [0.15, 0.2) is 5.76 Å². The molecule has 1 N–H and O–H groups in total. The van der Waals surface area contributed by atoms with E-state index in [2.05, 4.69) is 31.3 Å². The Morgan fingerprint density at radius 1 is 1.17 bits per heavy atom. The summed E-state index contributed by atoms with van der Waals surface area (Å²) in [7, 11) is 0. The first-order valence-electron chi connectivity index (χ1n) is 7.50. The maximum atomic E-state index is 12.0. The lowest BCUT2D eigenvalue weighted by Gasteiger charge is -2.14. The topological polar surface area (TPSA) is 85.4 Å². The highest BCUT2D eigenvalue weighted by molar-refractivity contribution is 5.91. The number of carbonyl (C=O) groups excluding carboxylic acids is 1. The largest absolute Gasteiger partial charge is 0.433 e. The molecule has 0 saturated carbocycles. The number of hydrogen-bond donors (Lipinski definition) is 1. The fourth-order valence-electron chi connectivity index (χ4n) is 2.31. The van der Waals surface area contributed by atoms with Crippen molar-refractivity contribution in [1.82, 2.24) is 5.32 Å². The van der Waals surface area contributed by atoms with Gasteiger partial charge < -0.3 is 9.73 Å². The Morgan fingerprint density at radius 3 is 2.35 bits per heavy atom. The van der Waals surface area contributed by atoms with Crippen molar-refractivity contribution in [3.05, 3.63) is 63.4 Å². The normalized spacial score (nSPS) is 12.2. The molecular formula is C17H20N2O4. The van der Waals surface area contributed by atoms with Gasteiger partial charge in [-0.05, 0) is 36.5 Å². The first-order valence-corrected chi connectivity index (χ1v) is 7.50. The molecule has 0 aliphatic carbocycles. The standard InChI is InChI=1S/C17H20N2O4/c1-11(2)10-13-4-6-14(7-5-13)12(3)18-17(20)15-8-9-16(23-15)19(21)22/h4-9,11-12H,10H2,1-3H3,(H,18,20). The number of carbonyl (C=O) groups is 1. The zero-order valence-electron chi connectivity index (χ0n) is 13.4. The summed E-state index contributed by atoms with van der Waals surface area (Å²) in [6.07, 6.45) is 1.01. The highest BCUT2D eigenvalue weighted by atomic mass is 16.6. The van der Waals surface area contributed by atoms with Crippen LogP contribution in [0.15, 0.2) is 40.8 Å². The van der Waals surface area contributed by atoms with Crippen LogP contribution in [0.3, 0.4) is 0 Å². The Labute approximate surface area is 134 Å². The van der Waals surface area contributed by atoms with Gasteiger partial charge in [-0.3, -0.25) is 14.9 Å². The van der Waals surface area contributed by atoms with Gasteiger partial charge in [0.25, 0.3) is 5.91 Å². The van der Waals surface area contributed by atoms with E-state index < -0.39 is 16.7 Å². The number of rotatable bonds is 6. The summed E-state index contributed by atoms with van der Waals surface area (Å²) in [5.41, 5.74) is 2.22. The Hall–Kier alpha value is -2.63. The molecule has 1 aromatic carbocycles. The highest BCUT2D eigenvalue weighted by Crippen LogP contribution is 2.18. The summed E-state index contributed by atoms with van der Waals surface area (Å²) in [6.45, 7) is 6.19. The SMILES string of the molecule is CC(C)Cc1ccc(C(C)NC(=O)c2ccc([N+](=O)[O-])o2)cc1. The molecular weight excluding hydrogens is 296 g/mol. The molecule has 1 atom stereocenters. The van der Waals surface area contributed by atoms with Gasteiger partial charge in [-0.1, -0.05) is 38.1 Å². The van der Waals surface area contributed by atoms with Crippen LogP contribution in [0.4, 0.5) is 5.88 Å². The number of nitrogens with one attached hydrogen (secondary N) is 1. The molecule has 0 bridgehead atoms. The van der Waals surface area contributed by atoms with Gasteiger partial charge in [-0.2, -0.15) is 0 Å². The molecule has 0 saturated heterocycles. The molecule has 0 radical (unpaired) electrons. The molecule has 0 spiro atoms. The lowest BCUT2D eigenvalue weighted by molar-refractivity contribution is -0.402. The second-order valence-corrected chi connectivity index (χ2v) is 5.93. The van der Waals surface area contributed by atoms with Gasteiger partial charge in [0.2, 0.25) is 0 Å². The highest BCUT2D eigenvalue weighted by Gasteiger charge is 2.19. The molecule has 1 amide bonds. The maximum absolute atomic E-state index is 12.0. The summed E-state index contributed by atoms with van der Waals surface area (Å²) < 4.78 is 4.90. The Kier molecular flexibility index (Phi) is 5.16. The van der Waals surface area contributed by atoms with Crippen LogP contribution in [-0.2, 0) is 6.42 Å². The van der Waals surface area contributed by atoms with Crippen molar-refractivity contribution in [2.24, 2.45) is 5.92 Å². The van der Waals surface area contributed by atoms with Gasteiger partial charge >= 0.3 is 5.88 Å². The van der Waals surface area contributed by atoms with Crippen LogP contribution >= 0.6 is 0 Å². The average Bonchev–Trinajstić information content (AvgIpc) is 2.97. The first kappa shape index (κ1) is 16.7. The maximum Gasteiger partial charge on any atom is 0.433 e. The zero-order valence-corrected chi connectivity index (χ0v) is 13.4. The molecule has 1 unspecified atom stereocenters. The van der Waals surface area contributed by atoms with E-state index in [-0.39, 0.29) is 11.8 Å². The first-order chi connectivity index (χ1) is 10.9. The van der Waals surface area contributed by atoms with Gasteiger partial charge in [-0.15, -0.1) is 0 Å². The Bertz CT molecular complexity index is 689. The van der Waals surface area contributed by atoms with Crippen LogP contribution in [0.5, 0.6) is 0 Å². The third kappa shape index (κ3) is 4.42. The van der Waals surface area contributed by atoms with Crippen LogP contribution in [-0.4, -0.2) is 10.8 Å². The lowest BCUT2D eigenvalue weighted by atomic mass is 10.00. The van der Waals surface area contributed by atoms with Gasteiger partial charge in [0, 0.05) is 0 Å². The molecule has 1 heterocycles. The van der Waals surface area contributed by atoms with E-state index in [1.807, 2.05) is 19.1 Å². The minimum Gasteiger partial charge on any atom is -0.395 e. The van der Waals surface area contributed by atoms with Crippen LogP contribution < -0.4 is 5.32 Å². The summed E-state index contributed by atoms with van der Waals surface area (Å²) in [5, 5.41) is 13.3. The molecule has 0 fully saturated rings. The van der Waals surface area contributed by atoms with Crippen molar-refractivity contribution in [1.29, 1.82) is 0 Å². The van der Waals surface area contributed by atoms with Crippen molar-refractivity contribution < 1.29 is 14.1 Å². The van der Waals surface area contributed by atoms with E-state index in [0.29, 0.717) is 5.92 Å². The second-order valence-electron chi connectivity index (χ2n) is 5.93. The number of nitro groups is 1. The summed E-state index contributed by atoms with van der Waals surface area (Å²) in [5.74, 6) is -0.398. The summed E-state index contributed by atoms with van der Waals surface area (Å²) >= 11 is 0. The van der Waals surface area contributed by atoms with Crippen molar-refractivity contribution in [2.75, 3.05) is 0 Å². The second kappa shape index (κ2) is 7.09. The minimum atomic E-state index is -0.673. The number of hydrogen-bond acceptors (Lipinski definition) is 4. The van der Waals surface area contributed by atoms with Crippen LogP contribution in [0.1, 0.15) is 48.5 Å². The smallest absolute Gasteiger partial charge is 0.395 e. The van der Waals surface area contributed by atoms with E-state index in [0.717, 1.165) is 12.0 Å². The van der Waals surface area contributed by atoms with Gasteiger partial charge in [0.1, 0.15) is 4.92 Å². The van der Waals surface area contributed by atoms with Gasteiger partial charge in [0.05, 0.1) is 12.1 Å². The molecule has 6 heteroatoms. The third-order valence-electron chi connectivity index (χ3n) is 3.47. The average molecular weight is 316 g/mol. The molecule has 23 heavy (non-hydrogen) atoms. The van der Waals surface area contributed by atoms with E-state index in [4.69, 9.17) is 4.42 Å². The summed E-state index contributed by atoms with van der Waals surface area (Å²) in [4.78, 5) is 21.9. The van der Waals surface area contributed by atoms with Crippen LogP contribution in [0.2, 0.25) is 0 Å². The molecule has 2 rings (SSSR count). The molecule has 0 aliphatic heterocycles. The van der Waals surface area contributed by atoms with E-state index in [9.17, 15) is 14.9 Å². The monoisotopic (exact) mass is 316 g/mol. The van der Waals surface area contributed by atoms with Gasteiger partial charge in [-0.25, -0.2) is 0 Å². The van der Waals surface area contributed by atoms with Crippen molar-refractivity contribution >= 4 is 11.8 Å². The third-order valence-corrected chi connectivity index (χ3v) is 3.47. The summed E-state index contributed by atoms with van der Waals surface area (Å²) in [6, 6.07) is 10.3. The Morgan fingerprint density at radius 2 is 1.83 bits per heavy atom. The minimum absolute atomic E-state index is 0.0695. The number of amides is 1. The number of nitrogens with zero attached hydrogens (tertiary/aromatic N) is 1. The number of furan rings is 1. The van der Waals surface area contributed by atoms with Crippen LogP contribution in [0.25, 0.3) is 0 Å². The molecule has 6 nitrogen and oxygen atoms in total. The lowest BCUT2D eigenvalue weighted by Crippen LogP contribution is -2.26. The predicted molar refractivity (Wildman–Crippen MR) is 86.2 cm³/mol.